The van der Waals surface area contributed by atoms with Crippen LogP contribution in [0, 0.1) is 23.7 Å². The van der Waals surface area contributed by atoms with E-state index in [0.717, 1.165) is 24.2 Å². The molecule has 0 heterocycles. The van der Waals surface area contributed by atoms with Crippen molar-refractivity contribution in [1.82, 2.24) is 0 Å². The Morgan fingerprint density at radius 1 is 0.941 bits per heavy atom. The minimum atomic E-state index is 0.217. The molecule has 0 amide bonds. The minimum Gasteiger partial charge on any atom is -0.299 e. The lowest BCUT2D eigenvalue weighted by molar-refractivity contribution is -0.123. The first-order valence-corrected chi connectivity index (χ1v) is 6.93. The molecule has 3 aliphatic rings. The Morgan fingerprint density at radius 3 is 2.47 bits per heavy atom. The number of rotatable bonds is 1. The molecule has 0 aliphatic heterocycles. The fraction of sp³-hybridized carbons (Fsp3) is 0.562. The summed E-state index contributed by atoms with van der Waals surface area (Å²) in [6.07, 6.45) is 5.19. The van der Waals surface area contributed by atoms with Gasteiger partial charge in [-0.05, 0) is 49.0 Å². The highest BCUT2D eigenvalue weighted by Crippen LogP contribution is 2.60. The van der Waals surface area contributed by atoms with Crippen molar-refractivity contribution in [2.45, 2.75) is 31.6 Å². The monoisotopic (exact) mass is 226 g/mol. The van der Waals surface area contributed by atoms with Crippen LogP contribution in [0.2, 0.25) is 0 Å². The summed E-state index contributed by atoms with van der Waals surface area (Å²) in [5, 5.41) is 0. The summed E-state index contributed by atoms with van der Waals surface area (Å²) in [6, 6.07) is 10.4. The molecule has 0 N–H and O–H groups in total. The van der Waals surface area contributed by atoms with Gasteiger partial charge in [0.05, 0.1) is 0 Å². The summed E-state index contributed by atoms with van der Waals surface area (Å²) in [7, 11) is 0. The summed E-state index contributed by atoms with van der Waals surface area (Å²) in [6.45, 7) is 0. The average Bonchev–Trinajstić information content (AvgIpc) is 3.03. The lowest BCUT2D eigenvalue weighted by atomic mass is 9.81. The molecule has 0 radical (unpaired) electrons. The summed E-state index contributed by atoms with van der Waals surface area (Å²) in [4.78, 5) is 12.6. The average molecular weight is 226 g/mol. The quantitative estimate of drug-likeness (QED) is 0.717. The summed E-state index contributed by atoms with van der Waals surface area (Å²) in [5.41, 5.74) is 1.26. The van der Waals surface area contributed by atoms with Gasteiger partial charge in [0.2, 0.25) is 0 Å². The molecule has 3 saturated carbocycles. The van der Waals surface area contributed by atoms with E-state index in [2.05, 4.69) is 24.3 Å². The smallest absolute Gasteiger partial charge is 0.143 e. The molecular weight excluding hydrogens is 208 g/mol. The van der Waals surface area contributed by atoms with Gasteiger partial charge in [-0.2, -0.15) is 0 Å². The molecule has 88 valence electrons. The van der Waals surface area contributed by atoms with Gasteiger partial charge < -0.3 is 0 Å². The van der Waals surface area contributed by atoms with E-state index in [0.29, 0.717) is 11.7 Å². The Hall–Kier alpha value is -1.11. The summed E-state index contributed by atoms with van der Waals surface area (Å²) < 4.78 is 0. The number of hydrogen-bond acceptors (Lipinski definition) is 1. The highest BCUT2D eigenvalue weighted by atomic mass is 16.1. The molecule has 1 heteroatoms. The zero-order chi connectivity index (χ0) is 11.4. The van der Waals surface area contributed by atoms with Gasteiger partial charge in [-0.3, -0.25) is 4.79 Å². The van der Waals surface area contributed by atoms with Gasteiger partial charge in [0.1, 0.15) is 5.78 Å². The number of ketones is 1. The maximum Gasteiger partial charge on any atom is 0.143 e. The number of hydrogen-bond donors (Lipinski definition) is 0. The lowest BCUT2D eigenvalue weighted by Gasteiger charge is -2.22. The van der Waals surface area contributed by atoms with Crippen LogP contribution in [0.25, 0.3) is 0 Å². The van der Waals surface area contributed by atoms with Gasteiger partial charge >= 0.3 is 0 Å². The van der Waals surface area contributed by atoms with Crippen LogP contribution in [-0.2, 0) is 4.79 Å². The number of Topliss-reactive ketones (excluding diaryl/α,β-unsaturated/α-hetero) is 1. The van der Waals surface area contributed by atoms with E-state index in [1.165, 1.54) is 24.8 Å². The first-order valence-electron chi connectivity index (χ1n) is 6.93. The van der Waals surface area contributed by atoms with Gasteiger partial charge in [0.15, 0.2) is 0 Å². The van der Waals surface area contributed by atoms with E-state index < -0.39 is 0 Å². The predicted molar refractivity (Wildman–Crippen MR) is 66.6 cm³/mol. The van der Waals surface area contributed by atoms with Crippen LogP contribution in [0.15, 0.2) is 30.3 Å². The number of fused-ring (bicyclic) bond motifs is 5. The van der Waals surface area contributed by atoms with E-state index in [1.807, 2.05) is 6.07 Å². The van der Waals surface area contributed by atoms with E-state index in [4.69, 9.17) is 0 Å². The van der Waals surface area contributed by atoms with Crippen molar-refractivity contribution in [3.05, 3.63) is 35.9 Å². The van der Waals surface area contributed by atoms with Crippen LogP contribution >= 0.6 is 0 Å². The minimum absolute atomic E-state index is 0.217. The molecule has 5 atom stereocenters. The van der Waals surface area contributed by atoms with Crippen LogP contribution in [0.4, 0.5) is 0 Å². The van der Waals surface area contributed by atoms with E-state index in [9.17, 15) is 4.79 Å². The van der Waals surface area contributed by atoms with Crippen LogP contribution in [0.3, 0.4) is 0 Å². The molecular formula is C16H18O. The maximum absolute atomic E-state index is 12.6. The molecule has 1 aromatic rings. The molecule has 3 aliphatic carbocycles. The van der Waals surface area contributed by atoms with Crippen LogP contribution in [0.5, 0.6) is 0 Å². The van der Waals surface area contributed by atoms with Crippen molar-refractivity contribution >= 4 is 5.78 Å². The lowest BCUT2D eigenvalue weighted by Crippen LogP contribution is -2.22. The molecule has 0 unspecified atom stereocenters. The Balaban J connectivity index is 1.67. The van der Waals surface area contributed by atoms with Gasteiger partial charge in [-0.25, -0.2) is 0 Å². The molecule has 2 bridgehead atoms. The molecule has 0 aromatic heterocycles. The molecule has 1 aromatic carbocycles. The third-order valence-corrected chi connectivity index (χ3v) is 5.47. The summed E-state index contributed by atoms with van der Waals surface area (Å²) >= 11 is 0. The van der Waals surface area contributed by atoms with E-state index in [1.54, 1.807) is 0 Å². The molecule has 4 rings (SSSR count). The SMILES string of the molecule is O=C1[C@@H]2[C@H]3CC[C@H](C3)[C@@H]2C[C@H]1c1ccccc1. The Kier molecular flexibility index (Phi) is 2.00. The zero-order valence-corrected chi connectivity index (χ0v) is 10.0. The second-order valence-corrected chi connectivity index (χ2v) is 6.12. The van der Waals surface area contributed by atoms with Crippen LogP contribution < -0.4 is 0 Å². The van der Waals surface area contributed by atoms with Gasteiger partial charge in [0.25, 0.3) is 0 Å². The fourth-order valence-electron chi connectivity index (χ4n) is 4.80. The van der Waals surface area contributed by atoms with E-state index >= 15 is 0 Å². The largest absolute Gasteiger partial charge is 0.299 e. The Morgan fingerprint density at radius 2 is 1.71 bits per heavy atom. The number of benzene rings is 1. The third-order valence-electron chi connectivity index (χ3n) is 5.47. The number of carbonyl (C=O) groups is 1. The first kappa shape index (κ1) is 9.87. The van der Waals surface area contributed by atoms with Crippen LogP contribution in [-0.4, -0.2) is 5.78 Å². The molecule has 17 heavy (non-hydrogen) atoms. The maximum atomic E-state index is 12.6. The molecule has 1 nitrogen and oxygen atoms in total. The predicted octanol–water partition coefficient (Wildman–Crippen LogP) is 3.41. The summed E-state index contributed by atoms with van der Waals surface area (Å²) in [5.74, 6) is 3.56. The van der Waals surface area contributed by atoms with Crippen molar-refractivity contribution in [2.24, 2.45) is 23.7 Å². The molecule has 0 saturated heterocycles. The topological polar surface area (TPSA) is 17.1 Å². The second-order valence-electron chi connectivity index (χ2n) is 6.12. The standard InChI is InChI=1S/C16H18O/c17-16-14(10-4-2-1-3-5-10)9-13-11-6-7-12(8-11)15(13)16/h1-5,11-15H,6-9H2/t11-,12+,13+,14+,15-/m1/s1. The highest BCUT2D eigenvalue weighted by molar-refractivity contribution is 5.91. The van der Waals surface area contributed by atoms with Gasteiger partial charge in [-0.15, -0.1) is 0 Å². The van der Waals surface area contributed by atoms with Gasteiger partial charge in [-0.1, -0.05) is 30.3 Å². The van der Waals surface area contributed by atoms with Gasteiger partial charge in [0, 0.05) is 11.8 Å². The fourth-order valence-corrected chi connectivity index (χ4v) is 4.80. The third kappa shape index (κ3) is 1.28. The van der Waals surface area contributed by atoms with Crippen molar-refractivity contribution in [2.75, 3.05) is 0 Å². The van der Waals surface area contributed by atoms with Crippen molar-refractivity contribution in [1.29, 1.82) is 0 Å². The second kappa shape index (κ2) is 3.44. The molecule has 3 fully saturated rings. The zero-order valence-electron chi connectivity index (χ0n) is 10.0. The van der Waals surface area contributed by atoms with Crippen molar-refractivity contribution in [3.63, 3.8) is 0 Å². The van der Waals surface area contributed by atoms with Crippen molar-refractivity contribution < 1.29 is 4.79 Å². The van der Waals surface area contributed by atoms with E-state index in [-0.39, 0.29) is 5.92 Å². The molecule has 0 spiro atoms. The number of carbonyl (C=O) groups excluding carboxylic acids is 1. The Bertz CT molecular complexity index is 450. The highest BCUT2D eigenvalue weighted by Gasteiger charge is 2.56. The first-order chi connectivity index (χ1) is 8.34. The Labute approximate surface area is 102 Å². The van der Waals surface area contributed by atoms with Crippen LogP contribution in [0.1, 0.15) is 37.2 Å². The van der Waals surface area contributed by atoms with Crippen molar-refractivity contribution in [3.8, 4) is 0 Å². The normalized spacial score (nSPS) is 43.1.